The largest absolute Gasteiger partial charge is 0.489 e. The van der Waals surface area contributed by atoms with Crippen LogP contribution in [-0.2, 0) is 16.2 Å². The van der Waals surface area contributed by atoms with E-state index in [4.69, 9.17) is 10.5 Å². The third-order valence-electron chi connectivity index (χ3n) is 6.92. The molecule has 4 amide bonds. The summed E-state index contributed by atoms with van der Waals surface area (Å²) in [5, 5.41) is 8.28. The van der Waals surface area contributed by atoms with Crippen molar-refractivity contribution in [1.29, 1.82) is 0 Å². The minimum Gasteiger partial charge on any atom is -0.489 e. The summed E-state index contributed by atoms with van der Waals surface area (Å²) in [5.41, 5.74) is 8.65. The predicted molar refractivity (Wildman–Crippen MR) is 188 cm³/mol. The molecule has 5 N–H and O–H groups in total. The number of benzene rings is 5. The standard InChI is InChI=1S/C38H32N4O5S/c39-36(44)32-13-7-8-14-33(32)41-35(43)25-48-31-21-17-29(18-22-31)40-38(46)34(42-37(45)28-11-5-2-6-12-28)23-26-15-19-30(20-16-26)47-24-27-9-3-1-4-10-27/h1-23H,24-25H2,(H2,39,44)(H,40,46)(H,41,43)(H,42,45)/b34-23-. The van der Waals surface area contributed by atoms with Crippen LogP contribution in [0, 0.1) is 0 Å². The minimum absolute atomic E-state index is 0.0492. The highest BCUT2D eigenvalue weighted by atomic mass is 32.2. The van der Waals surface area contributed by atoms with Crippen LogP contribution in [0.5, 0.6) is 5.75 Å². The zero-order chi connectivity index (χ0) is 33.7. The van der Waals surface area contributed by atoms with E-state index in [1.807, 2.05) is 30.3 Å². The van der Waals surface area contributed by atoms with Gasteiger partial charge in [-0.1, -0.05) is 72.8 Å². The number of nitrogens with two attached hydrogens (primary N) is 1. The molecule has 0 bridgehead atoms. The van der Waals surface area contributed by atoms with E-state index < -0.39 is 17.7 Å². The number of anilines is 2. The number of carbonyl (C=O) groups is 4. The van der Waals surface area contributed by atoms with Gasteiger partial charge in [-0.25, -0.2) is 0 Å². The lowest BCUT2D eigenvalue weighted by Gasteiger charge is -2.12. The third kappa shape index (κ3) is 9.68. The Hall–Kier alpha value is -6.13. The fraction of sp³-hybridized carbons (Fsp3) is 0.0526. The van der Waals surface area contributed by atoms with Gasteiger partial charge < -0.3 is 26.4 Å². The number of nitrogens with one attached hydrogen (secondary N) is 3. The molecule has 0 unspecified atom stereocenters. The van der Waals surface area contributed by atoms with Crippen molar-refractivity contribution in [2.24, 2.45) is 5.73 Å². The van der Waals surface area contributed by atoms with Crippen LogP contribution in [0.25, 0.3) is 6.08 Å². The third-order valence-corrected chi connectivity index (χ3v) is 7.93. The molecule has 0 aromatic heterocycles. The molecule has 240 valence electrons. The molecule has 0 radical (unpaired) electrons. The number of hydrogen-bond donors (Lipinski definition) is 4. The molecular formula is C38H32N4O5S. The zero-order valence-electron chi connectivity index (χ0n) is 25.7. The van der Waals surface area contributed by atoms with E-state index in [2.05, 4.69) is 16.0 Å². The summed E-state index contributed by atoms with van der Waals surface area (Å²) in [6.07, 6.45) is 1.59. The maximum absolute atomic E-state index is 13.4. The Balaban J connectivity index is 1.23. The lowest BCUT2D eigenvalue weighted by Crippen LogP contribution is -2.30. The smallest absolute Gasteiger partial charge is 0.272 e. The number of thioether (sulfide) groups is 1. The van der Waals surface area contributed by atoms with Crippen molar-refractivity contribution in [2.75, 3.05) is 16.4 Å². The lowest BCUT2D eigenvalue weighted by molar-refractivity contribution is -0.114. The van der Waals surface area contributed by atoms with Crippen LogP contribution in [0.2, 0.25) is 0 Å². The second-order valence-corrected chi connectivity index (χ2v) is 11.5. The second kappa shape index (κ2) is 16.4. The van der Waals surface area contributed by atoms with Gasteiger partial charge in [0.15, 0.2) is 0 Å². The molecule has 0 aliphatic rings. The molecule has 48 heavy (non-hydrogen) atoms. The Morgan fingerprint density at radius 3 is 2.04 bits per heavy atom. The molecule has 0 saturated carbocycles. The van der Waals surface area contributed by atoms with Crippen molar-refractivity contribution in [3.05, 3.63) is 161 Å². The fourth-order valence-electron chi connectivity index (χ4n) is 4.49. The highest BCUT2D eigenvalue weighted by Crippen LogP contribution is 2.22. The molecule has 9 nitrogen and oxygen atoms in total. The van der Waals surface area contributed by atoms with Crippen molar-refractivity contribution in [1.82, 2.24) is 5.32 Å². The summed E-state index contributed by atoms with van der Waals surface area (Å²) >= 11 is 1.29. The van der Waals surface area contributed by atoms with Gasteiger partial charge in [-0.05, 0) is 77.9 Å². The van der Waals surface area contributed by atoms with Gasteiger partial charge in [-0.3, -0.25) is 19.2 Å². The number of primary amides is 1. The summed E-state index contributed by atoms with van der Waals surface area (Å²) in [7, 11) is 0. The van der Waals surface area contributed by atoms with Crippen molar-refractivity contribution in [3.8, 4) is 5.75 Å². The highest BCUT2D eigenvalue weighted by Gasteiger charge is 2.16. The molecule has 0 aliphatic heterocycles. The van der Waals surface area contributed by atoms with E-state index in [1.54, 1.807) is 109 Å². The van der Waals surface area contributed by atoms with E-state index in [-0.39, 0.29) is 22.9 Å². The Labute approximate surface area is 282 Å². The molecule has 0 spiro atoms. The van der Waals surface area contributed by atoms with Crippen LogP contribution >= 0.6 is 11.8 Å². The number of ether oxygens (including phenoxy) is 1. The first-order valence-electron chi connectivity index (χ1n) is 14.9. The zero-order valence-corrected chi connectivity index (χ0v) is 26.5. The van der Waals surface area contributed by atoms with Gasteiger partial charge in [-0.2, -0.15) is 0 Å². The van der Waals surface area contributed by atoms with Crippen LogP contribution in [0.15, 0.2) is 144 Å². The maximum atomic E-state index is 13.4. The van der Waals surface area contributed by atoms with E-state index in [9.17, 15) is 19.2 Å². The summed E-state index contributed by atoms with van der Waals surface area (Å²) in [6, 6.07) is 39.1. The molecule has 10 heteroatoms. The van der Waals surface area contributed by atoms with Gasteiger partial charge in [0.1, 0.15) is 18.1 Å². The molecule has 5 aromatic rings. The summed E-state index contributed by atoms with van der Waals surface area (Å²) in [5.74, 6) is -1.12. The lowest BCUT2D eigenvalue weighted by atomic mass is 10.1. The van der Waals surface area contributed by atoms with Gasteiger partial charge in [-0.15, -0.1) is 11.8 Å². The van der Waals surface area contributed by atoms with E-state index in [0.717, 1.165) is 10.5 Å². The van der Waals surface area contributed by atoms with E-state index in [1.165, 1.54) is 11.8 Å². The molecule has 0 heterocycles. The first-order valence-corrected chi connectivity index (χ1v) is 15.9. The van der Waals surface area contributed by atoms with E-state index in [0.29, 0.717) is 34.9 Å². The van der Waals surface area contributed by atoms with Gasteiger partial charge in [0.2, 0.25) is 5.91 Å². The predicted octanol–water partition coefficient (Wildman–Crippen LogP) is 6.50. The Morgan fingerprint density at radius 2 is 1.35 bits per heavy atom. The van der Waals surface area contributed by atoms with Crippen LogP contribution in [0.4, 0.5) is 11.4 Å². The summed E-state index contributed by atoms with van der Waals surface area (Å²) in [4.78, 5) is 51.4. The van der Waals surface area contributed by atoms with Gasteiger partial charge in [0.05, 0.1) is 17.0 Å². The number of carbonyl (C=O) groups excluding carboxylic acids is 4. The summed E-state index contributed by atoms with van der Waals surface area (Å²) < 4.78 is 5.87. The molecule has 0 aliphatic carbocycles. The molecular weight excluding hydrogens is 625 g/mol. The molecule has 5 aromatic carbocycles. The number of rotatable bonds is 13. The van der Waals surface area contributed by atoms with Gasteiger partial charge in [0.25, 0.3) is 17.7 Å². The topological polar surface area (TPSA) is 140 Å². The number of amides is 4. The summed E-state index contributed by atoms with van der Waals surface area (Å²) in [6.45, 7) is 0.423. The van der Waals surface area contributed by atoms with Crippen LogP contribution in [0.3, 0.4) is 0 Å². The van der Waals surface area contributed by atoms with E-state index >= 15 is 0 Å². The first kappa shape index (κ1) is 33.2. The van der Waals surface area contributed by atoms with Crippen LogP contribution in [-0.4, -0.2) is 29.4 Å². The second-order valence-electron chi connectivity index (χ2n) is 10.4. The van der Waals surface area contributed by atoms with Crippen LogP contribution in [0.1, 0.15) is 31.8 Å². The fourth-order valence-corrected chi connectivity index (χ4v) is 5.18. The van der Waals surface area contributed by atoms with Gasteiger partial charge >= 0.3 is 0 Å². The maximum Gasteiger partial charge on any atom is 0.272 e. The van der Waals surface area contributed by atoms with Gasteiger partial charge in [0, 0.05) is 16.1 Å². The quantitative estimate of drug-likeness (QED) is 0.0843. The van der Waals surface area contributed by atoms with Crippen molar-refractivity contribution in [3.63, 3.8) is 0 Å². The molecule has 5 rings (SSSR count). The highest BCUT2D eigenvalue weighted by molar-refractivity contribution is 8.00. The first-order chi connectivity index (χ1) is 23.3. The minimum atomic E-state index is -0.629. The number of para-hydroxylation sites is 1. The van der Waals surface area contributed by atoms with Crippen molar-refractivity contribution in [2.45, 2.75) is 11.5 Å². The Morgan fingerprint density at radius 1 is 0.708 bits per heavy atom. The normalized spacial score (nSPS) is 10.9. The number of hydrogen-bond acceptors (Lipinski definition) is 6. The molecule has 0 atom stereocenters. The Bertz CT molecular complexity index is 1910. The van der Waals surface area contributed by atoms with Crippen molar-refractivity contribution >= 4 is 52.8 Å². The SMILES string of the molecule is NC(=O)c1ccccc1NC(=O)CSc1ccc(NC(=O)/C(=C/c2ccc(OCc3ccccc3)cc2)NC(=O)c2ccccc2)cc1. The molecule has 0 fully saturated rings. The molecule has 0 saturated heterocycles. The van der Waals surface area contributed by atoms with Crippen molar-refractivity contribution < 1.29 is 23.9 Å². The average molecular weight is 657 g/mol. The Kier molecular flexibility index (Phi) is 11.4. The van der Waals surface area contributed by atoms with Crippen LogP contribution < -0.4 is 26.4 Å². The monoisotopic (exact) mass is 656 g/mol. The average Bonchev–Trinajstić information content (AvgIpc) is 3.11.